The zero-order valence-corrected chi connectivity index (χ0v) is 9.36. The predicted octanol–water partition coefficient (Wildman–Crippen LogP) is -0.286. The van der Waals surface area contributed by atoms with Crippen LogP contribution in [0, 0.1) is 0 Å². The van der Waals surface area contributed by atoms with Crippen molar-refractivity contribution in [2.75, 3.05) is 39.8 Å². The number of nitrogens with zero attached hydrogens (tertiary/aromatic N) is 2. The summed E-state index contributed by atoms with van der Waals surface area (Å²) >= 11 is 0. The van der Waals surface area contributed by atoms with E-state index in [9.17, 15) is 9.59 Å². The van der Waals surface area contributed by atoms with Crippen LogP contribution in [0.1, 0.15) is 13.3 Å². The highest BCUT2D eigenvalue weighted by Gasteiger charge is 2.18. The second-order valence-electron chi connectivity index (χ2n) is 3.71. The molecule has 0 aliphatic carbocycles. The Bertz CT molecular complexity index is 243. The van der Waals surface area contributed by atoms with Crippen LogP contribution in [-0.2, 0) is 14.3 Å². The fourth-order valence-corrected chi connectivity index (χ4v) is 1.69. The summed E-state index contributed by atoms with van der Waals surface area (Å²) in [6.07, 6.45) is 0.913. The van der Waals surface area contributed by atoms with Gasteiger partial charge in [-0.1, -0.05) is 0 Å². The van der Waals surface area contributed by atoms with Crippen molar-refractivity contribution in [2.45, 2.75) is 13.3 Å². The fourth-order valence-electron chi connectivity index (χ4n) is 1.69. The first-order valence-electron chi connectivity index (χ1n) is 5.18. The quantitative estimate of drug-likeness (QED) is 0.593. The Morgan fingerprint density at radius 3 is 2.53 bits per heavy atom. The second-order valence-corrected chi connectivity index (χ2v) is 3.71. The molecule has 1 amide bonds. The Hall–Kier alpha value is -1.10. The lowest BCUT2D eigenvalue weighted by atomic mass is 10.4. The Balaban J connectivity index is 2.39. The average molecular weight is 214 g/mol. The molecule has 5 nitrogen and oxygen atoms in total. The van der Waals surface area contributed by atoms with Crippen molar-refractivity contribution in [3.63, 3.8) is 0 Å². The molecule has 0 aromatic rings. The number of esters is 1. The minimum absolute atomic E-state index is 0.106. The predicted molar refractivity (Wildman–Crippen MR) is 55.3 cm³/mol. The van der Waals surface area contributed by atoms with E-state index in [0.29, 0.717) is 13.1 Å². The van der Waals surface area contributed by atoms with Gasteiger partial charge in [0.2, 0.25) is 5.91 Å². The molecule has 0 atom stereocenters. The van der Waals surface area contributed by atoms with Crippen molar-refractivity contribution in [3.05, 3.63) is 0 Å². The van der Waals surface area contributed by atoms with Gasteiger partial charge in [-0.15, -0.1) is 0 Å². The van der Waals surface area contributed by atoms with Crippen LogP contribution >= 0.6 is 0 Å². The summed E-state index contributed by atoms with van der Waals surface area (Å²) in [6.45, 7) is 4.98. The topological polar surface area (TPSA) is 49.9 Å². The van der Waals surface area contributed by atoms with Crippen LogP contribution in [0.5, 0.6) is 0 Å². The van der Waals surface area contributed by atoms with E-state index in [1.165, 1.54) is 7.11 Å². The maximum absolute atomic E-state index is 11.2. The van der Waals surface area contributed by atoms with E-state index in [0.717, 1.165) is 26.1 Å². The molecule has 0 unspecified atom stereocenters. The molecule has 1 aliphatic heterocycles. The molecule has 0 spiro atoms. The number of methoxy groups -OCH3 is 1. The van der Waals surface area contributed by atoms with E-state index in [1.807, 2.05) is 9.80 Å². The smallest absolute Gasteiger partial charge is 0.319 e. The van der Waals surface area contributed by atoms with Gasteiger partial charge in [0.15, 0.2) is 0 Å². The van der Waals surface area contributed by atoms with Gasteiger partial charge >= 0.3 is 5.97 Å². The molecule has 0 aromatic heterocycles. The van der Waals surface area contributed by atoms with Gasteiger partial charge in [-0.05, 0) is 6.42 Å². The molecule has 0 aromatic carbocycles. The van der Waals surface area contributed by atoms with E-state index >= 15 is 0 Å². The molecular weight excluding hydrogens is 196 g/mol. The first-order valence-corrected chi connectivity index (χ1v) is 5.18. The summed E-state index contributed by atoms with van der Waals surface area (Å²) in [7, 11) is 1.39. The third kappa shape index (κ3) is 3.87. The molecule has 1 heterocycles. The maximum Gasteiger partial charge on any atom is 0.319 e. The van der Waals surface area contributed by atoms with Gasteiger partial charge in [-0.3, -0.25) is 14.5 Å². The molecule has 0 N–H and O–H groups in total. The van der Waals surface area contributed by atoms with Crippen molar-refractivity contribution in [1.82, 2.24) is 9.80 Å². The maximum atomic E-state index is 11.2. The normalized spacial score (nSPS) is 18.4. The van der Waals surface area contributed by atoms with Gasteiger partial charge in [0.05, 0.1) is 13.7 Å². The summed E-state index contributed by atoms with van der Waals surface area (Å²) in [5, 5.41) is 0. The van der Waals surface area contributed by atoms with Gasteiger partial charge in [-0.25, -0.2) is 0 Å². The minimum Gasteiger partial charge on any atom is -0.468 e. The van der Waals surface area contributed by atoms with E-state index in [-0.39, 0.29) is 11.9 Å². The van der Waals surface area contributed by atoms with Crippen molar-refractivity contribution in [2.24, 2.45) is 0 Å². The second kappa shape index (κ2) is 5.70. The van der Waals surface area contributed by atoms with Gasteiger partial charge in [-0.2, -0.15) is 0 Å². The van der Waals surface area contributed by atoms with Crippen molar-refractivity contribution < 1.29 is 14.3 Å². The molecule has 0 saturated carbocycles. The lowest BCUT2D eigenvalue weighted by Crippen LogP contribution is -2.36. The van der Waals surface area contributed by atoms with Crippen LogP contribution < -0.4 is 0 Å². The lowest BCUT2D eigenvalue weighted by molar-refractivity contribution is -0.141. The summed E-state index contributed by atoms with van der Waals surface area (Å²) < 4.78 is 4.61. The summed E-state index contributed by atoms with van der Waals surface area (Å²) in [5.41, 5.74) is 0. The Labute approximate surface area is 90.0 Å². The van der Waals surface area contributed by atoms with Crippen LogP contribution in [0.15, 0.2) is 0 Å². The number of rotatable bonds is 2. The third-order valence-electron chi connectivity index (χ3n) is 2.61. The van der Waals surface area contributed by atoms with E-state index < -0.39 is 0 Å². The van der Waals surface area contributed by atoms with Crippen LogP contribution in [0.4, 0.5) is 0 Å². The molecule has 0 bridgehead atoms. The standard InChI is InChI=1S/C10H18N2O3/c1-9(13)12-5-3-4-11(6-7-12)8-10(14)15-2/h3-8H2,1-2H3. The van der Waals surface area contributed by atoms with E-state index in [2.05, 4.69) is 4.74 Å². The number of ether oxygens (including phenoxy) is 1. The molecule has 1 saturated heterocycles. The zero-order chi connectivity index (χ0) is 11.3. The van der Waals surface area contributed by atoms with Gasteiger partial charge in [0.1, 0.15) is 0 Å². The minimum atomic E-state index is -0.216. The van der Waals surface area contributed by atoms with Crippen LogP contribution in [0.25, 0.3) is 0 Å². The molecule has 1 rings (SSSR count). The fraction of sp³-hybridized carbons (Fsp3) is 0.800. The van der Waals surface area contributed by atoms with Crippen molar-refractivity contribution in [1.29, 1.82) is 0 Å². The van der Waals surface area contributed by atoms with Crippen molar-refractivity contribution >= 4 is 11.9 Å². The van der Waals surface area contributed by atoms with Crippen LogP contribution in [0.3, 0.4) is 0 Å². The average Bonchev–Trinajstić information content (AvgIpc) is 2.43. The van der Waals surface area contributed by atoms with E-state index in [1.54, 1.807) is 6.92 Å². The Kier molecular flexibility index (Phi) is 4.55. The number of carbonyl (C=O) groups excluding carboxylic acids is 2. The largest absolute Gasteiger partial charge is 0.468 e. The highest BCUT2D eigenvalue weighted by Crippen LogP contribution is 2.03. The summed E-state index contributed by atoms with van der Waals surface area (Å²) in [6, 6.07) is 0. The molecule has 1 fully saturated rings. The lowest BCUT2D eigenvalue weighted by Gasteiger charge is -2.19. The molecule has 86 valence electrons. The van der Waals surface area contributed by atoms with Gasteiger partial charge in [0, 0.05) is 33.1 Å². The van der Waals surface area contributed by atoms with Gasteiger partial charge < -0.3 is 9.64 Å². The van der Waals surface area contributed by atoms with Crippen molar-refractivity contribution in [3.8, 4) is 0 Å². The number of hydrogen-bond donors (Lipinski definition) is 0. The van der Waals surface area contributed by atoms with E-state index in [4.69, 9.17) is 0 Å². The summed E-state index contributed by atoms with van der Waals surface area (Å²) in [4.78, 5) is 26.1. The molecule has 1 aliphatic rings. The monoisotopic (exact) mass is 214 g/mol. The highest BCUT2D eigenvalue weighted by molar-refractivity contribution is 5.73. The molecule has 0 radical (unpaired) electrons. The van der Waals surface area contributed by atoms with Crippen LogP contribution in [0.2, 0.25) is 0 Å². The summed E-state index contributed by atoms with van der Waals surface area (Å²) in [5.74, 6) is -0.110. The zero-order valence-electron chi connectivity index (χ0n) is 9.36. The number of carbonyl (C=O) groups is 2. The third-order valence-corrected chi connectivity index (χ3v) is 2.61. The molecule has 15 heavy (non-hydrogen) atoms. The number of amides is 1. The first-order chi connectivity index (χ1) is 7.13. The Morgan fingerprint density at radius 2 is 1.93 bits per heavy atom. The van der Waals surface area contributed by atoms with Gasteiger partial charge in [0.25, 0.3) is 0 Å². The number of hydrogen-bond acceptors (Lipinski definition) is 4. The molecule has 5 heteroatoms. The first kappa shape index (κ1) is 12.0. The highest BCUT2D eigenvalue weighted by atomic mass is 16.5. The SMILES string of the molecule is COC(=O)CN1CCCN(C(C)=O)CC1. The Morgan fingerprint density at radius 1 is 1.20 bits per heavy atom. The van der Waals surface area contributed by atoms with Crippen LogP contribution in [-0.4, -0.2) is 61.5 Å². The molecular formula is C10H18N2O3.